The van der Waals surface area contributed by atoms with E-state index in [9.17, 15) is 5.11 Å². The highest BCUT2D eigenvalue weighted by Gasteiger charge is 2.14. The Kier molecular flexibility index (Phi) is 3.76. The van der Waals surface area contributed by atoms with Crippen LogP contribution in [0, 0.1) is 0 Å². The van der Waals surface area contributed by atoms with E-state index in [-0.39, 0.29) is 0 Å². The van der Waals surface area contributed by atoms with Gasteiger partial charge in [0.15, 0.2) is 5.58 Å². The summed E-state index contributed by atoms with van der Waals surface area (Å²) in [5, 5.41) is 10.7. The summed E-state index contributed by atoms with van der Waals surface area (Å²) in [5.41, 5.74) is 2.55. The first kappa shape index (κ1) is 13.2. The van der Waals surface area contributed by atoms with Crippen LogP contribution in [-0.4, -0.2) is 10.1 Å². The zero-order valence-corrected chi connectivity index (χ0v) is 11.9. The fraction of sp³-hybridized carbons (Fsp3) is 0.188. The molecule has 0 bridgehead atoms. The molecule has 1 atom stereocenters. The van der Waals surface area contributed by atoms with Crippen LogP contribution in [0.2, 0.25) is 0 Å². The lowest BCUT2D eigenvalue weighted by atomic mass is 10.1. The van der Waals surface area contributed by atoms with Gasteiger partial charge < -0.3 is 9.52 Å². The van der Waals surface area contributed by atoms with E-state index in [1.165, 1.54) is 11.8 Å². The van der Waals surface area contributed by atoms with E-state index in [2.05, 4.69) is 4.98 Å². The number of rotatable bonds is 4. The molecule has 3 nitrogen and oxygen atoms in total. The number of hydrogen-bond acceptors (Lipinski definition) is 4. The normalized spacial score (nSPS) is 12.7. The van der Waals surface area contributed by atoms with Crippen molar-refractivity contribution >= 4 is 22.9 Å². The molecule has 2 aromatic carbocycles. The van der Waals surface area contributed by atoms with Gasteiger partial charge in [0.2, 0.25) is 0 Å². The monoisotopic (exact) mass is 285 g/mol. The molecule has 1 aromatic heterocycles. The Bertz CT molecular complexity index is 690. The van der Waals surface area contributed by atoms with Crippen molar-refractivity contribution in [3.05, 3.63) is 54.1 Å². The highest BCUT2D eigenvalue weighted by Crippen LogP contribution is 2.35. The van der Waals surface area contributed by atoms with Crippen molar-refractivity contribution in [3.8, 4) is 0 Å². The predicted molar refractivity (Wildman–Crippen MR) is 79.8 cm³/mol. The summed E-state index contributed by atoms with van der Waals surface area (Å²) < 4.78 is 5.71. The second-order valence-corrected chi connectivity index (χ2v) is 5.50. The molecule has 3 rings (SSSR count). The third kappa shape index (κ3) is 2.57. The molecule has 0 aliphatic heterocycles. The first-order chi connectivity index (χ1) is 9.78. The van der Waals surface area contributed by atoms with Crippen LogP contribution >= 0.6 is 11.8 Å². The van der Waals surface area contributed by atoms with Crippen molar-refractivity contribution in [2.45, 2.75) is 29.6 Å². The van der Waals surface area contributed by atoms with Crippen LogP contribution in [-0.2, 0) is 0 Å². The summed E-state index contributed by atoms with van der Waals surface area (Å²) in [7, 11) is 0. The molecule has 0 fully saturated rings. The molecule has 0 spiro atoms. The molecule has 3 aromatic rings. The Labute approximate surface area is 121 Å². The summed E-state index contributed by atoms with van der Waals surface area (Å²) in [5.74, 6) is 0. The third-order valence-electron chi connectivity index (χ3n) is 3.14. The molecule has 0 saturated heterocycles. The van der Waals surface area contributed by atoms with Crippen molar-refractivity contribution in [2.24, 2.45) is 0 Å². The van der Waals surface area contributed by atoms with Crippen LogP contribution in [0.5, 0.6) is 0 Å². The fourth-order valence-electron chi connectivity index (χ4n) is 2.06. The van der Waals surface area contributed by atoms with Crippen LogP contribution in [0.15, 0.2) is 63.1 Å². The molecule has 0 radical (unpaired) electrons. The number of fused-ring (bicyclic) bond motifs is 1. The lowest BCUT2D eigenvalue weighted by Gasteiger charge is -2.11. The Morgan fingerprint density at radius 1 is 1.15 bits per heavy atom. The lowest BCUT2D eigenvalue weighted by Crippen LogP contribution is -1.97. The number of benzene rings is 2. The van der Waals surface area contributed by atoms with Gasteiger partial charge in [0.05, 0.1) is 6.10 Å². The van der Waals surface area contributed by atoms with Gasteiger partial charge in [0, 0.05) is 4.90 Å². The van der Waals surface area contributed by atoms with Gasteiger partial charge in [-0.05, 0) is 41.9 Å². The highest BCUT2D eigenvalue weighted by molar-refractivity contribution is 7.99. The van der Waals surface area contributed by atoms with Crippen LogP contribution in [0.25, 0.3) is 11.1 Å². The average Bonchev–Trinajstić information content (AvgIpc) is 2.89. The zero-order chi connectivity index (χ0) is 13.9. The summed E-state index contributed by atoms with van der Waals surface area (Å²) in [6.07, 6.45) is 0.230. The number of aliphatic hydroxyl groups is 1. The lowest BCUT2D eigenvalue weighted by molar-refractivity contribution is 0.171. The molecule has 4 heteroatoms. The number of oxazole rings is 1. The SMILES string of the molecule is CC[C@H](O)c1ccccc1Sc1nc2ccccc2o1. The Hall–Kier alpha value is -1.78. The number of para-hydroxylation sites is 2. The zero-order valence-electron chi connectivity index (χ0n) is 11.1. The topological polar surface area (TPSA) is 46.3 Å². The van der Waals surface area contributed by atoms with Gasteiger partial charge in [-0.15, -0.1) is 0 Å². The predicted octanol–water partition coefficient (Wildman–Crippen LogP) is 4.42. The van der Waals surface area contributed by atoms with E-state index in [0.29, 0.717) is 11.6 Å². The fourth-order valence-corrected chi connectivity index (χ4v) is 2.99. The smallest absolute Gasteiger partial charge is 0.261 e. The standard InChI is InChI=1S/C16H15NO2S/c1-2-13(18)11-7-3-6-10-15(11)20-16-17-12-8-4-5-9-14(12)19-16/h3-10,13,18H,2H2,1H3/t13-/m0/s1. The third-order valence-corrected chi connectivity index (χ3v) is 4.08. The quantitative estimate of drug-likeness (QED) is 0.770. The van der Waals surface area contributed by atoms with Crippen molar-refractivity contribution in [3.63, 3.8) is 0 Å². The van der Waals surface area contributed by atoms with Crippen LogP contribution in [0.1, 0.15) is 25.0 Å². The Balaban J connectivity index is 1.94. The largest absolute Gasteiger partial charge is 0.431 e. The minimum Gasteiger partial charge on any atom is -0.431 e. The van der Waals surface area contributed by atoms with Crippen molar-refractivity contribution in [2.75, 3.05) is 0 Å². The van der Waals surface area contributed by atoms with Gasteiger partial charge in [-0.1, -0.05) is 37.3 Å². The number of aromatic nitrogens is 1. The summed E-state index contributed by atoms with van der Waals surface area (Å²) in [6, 6.07) is 15.5. The van der Waals surface area contributed by atoms with Gasteiger partial charge in [-0.3, -0.25) is 0 Å². The molecule has 0 amide bonds. The number of nitrogens with zero attached hydrogens (tertiary/aromatic N) is 1. The Morgan fingerprint density at radius 2 is 1.90 bits per heavy atom. The molecular formula is C16H15NO2S. The number of hydrogen-bond donors (Lipinski definition) is 1. The van der Waals surface area contributed by atoms with E-state index < -0.39 is 6.10 Å². The van der Waals surface area contributed by atoms with E-state index in [1.807, 2.05) is 55.5 Å². The average molecular weight is 285 g/mol. The first-order valence-corrected chi connectivity index (χ1v) is 7.40. The van der Waals surface area contributed by atoms with Gasteiger partial charge >= 0.3 is 0 Å². The van der Waals surface area contributed by atoms with Crippen LogP contribution in [0.4, 0.5) is 0 Å². The molecule has 102 valence electrons. The van der Waals surface area contributed by atoms with Crippen molar-refractivity contribution in [1.82, 2.24) is 4.98 Å². The van der Waals surface area contributed by atoms with Crippen LogP contribution in [0.3, 0.4) is 0 Å². The molecule has 0 aliphatic rings. The maximum absolute atomic E-state index is 10.1. The summed E-state index contributed by atoms with van der Waals surface area (Å²) >= 11 is 1.45. The summed E-state index contributed by atoms with van der Waals surface area (Å²) in [6.45, 7) is 1.96. The maximum atomic E-state index is 10.1. The highest BCUT2D eigenvalue weighted by atomic mass is 32.2. The van der Waals surface area contributed by atoms with Gasteiger partial charge in [-0.2, -0.15) is 0 Å². The van der Waals surface area contributed by atoms with E-state index >= 15 is 0 Å². The van der Waals surface area contributed by atoms with Gasteiger partial charge in [0.1, 0.15) is 5.52 Å². The molecule has 0 saturated carbocycles. The molecule has 0 aliphatic carbocycles. The molecular weight excluding hydrogens is 270 g/mol. The minimum atomic E-state index is -0.455. The van der Waals surface area contributed by atoms with Crippen LogP contribution < -0.4 is 0 Å². The first-order valence-electron chi connectivity index (χ1n) is 6.58. The van der Waals surface area contributed by atoms with Crippen molar-refractivity contribution in [1.29, 1.82) is 0 Å². The second kappa shape index (κ2) is 5.69. The molecule has 0 unspecified atom stereocenters. The van der Waals surface area contributed by atoms with E-state index in [4.69, 9.17) is 4.42 Å². The second-order valence-electron chi connectivity index (χ2n) is 4.51. The van der Waals surface area contributed by atoms with E-state index in [0.717, 1.165) is 21.6 Å². The molecule has 20 heavy (non-hydrogen) atoms. The minimum absolute atomic E-state index is 0.455. The maximum Gasteiger partial charge on any atom is 0.261 e. The van der Waals surface area contributed by atoms with E-state index in [1.54, 1.807) is 0 Å². The molecule has 1 heterocycles. The number of aliphatic hydroxyl groups excluding tert-OH is 1. The van der Waals surface area contributed by atoms with Crippen molar-refractivity contribution < 1.29 is 9.52 Å². The Morgan fingerprint density at radius 3 is 2.70 bits per heavy atom. The summed E-state index contributed by atoms with van der Waals surface area (Å²) in [4.78, 5) is 5.43. The molecule has 1 N–H and O–H groups in total. The van der Waals surface area contributed by atoms with Gasteiger partial charge in [-0.25, -0.2) is 4.98 Å². The van der Waals surface area contributed by atoms with Gasteiger partial charge in [0.25, 0.3) is 5.22 Å².